The number of hydrogen-bond donors (Lipinski definition) is 1. The average molecular weight is 251 g/mol. The van der Waals surface area contributed by atoms with Crippen molar-refractivity contribution in [2.45, 2.75) is 31.1 Å². The highest BCUT2D eigenvalue weighted by molar-refractivity contribution is 5.77. The first-order valence-corrected chi connectivity index (χ1v) is 6.26. The number of methoxy groups -OCH3 is 1. The molecule has 1 saturated heterocycles. The van der Waals surface area contributed by atoms with Crippen LogP contribution in [0.25, 0.3) is 0 Å². The van der Waals surface area contributed by atoms with Crippen molar-refractivity contribution in [1.29, 1.82) is 0 Å². The van der Waals surface area contributed by atoms with E-state index >= 15 is 0 Å². The summed E-state index contributed by atoms with van der Waals surface area (Å²) in [6.07, 6.45) is 3.12. The second-order valence-electron chi connectivity index (χ2n) is 4.88. The van der Waals surface area contributed by atoms with Gasteiger partial charge in [0.25, 0.3) is 0 Å². The van der Waals surface area contributed by atoms with Gasteiger partial charge in [-0.15, -0.1) is 0 Å². The van der Waals surface area contributed by atoms with Gasteiger partial charge in [-0.25, -0.2) is 9.36 Å². The number of nitrogens with zero attached hydrogens (tertiary/aromatic N) is 2. The Kier molecular flexibility index (Phi) is 2.74. The number of ether oxygens (including phenoxy) is 2. The predicted molar refractivity (Wildman–Crippen MR) is 63.9 cm³/mol. The third-order valence-electron chi connectivity index (χ3n) is 3.59. The van der Waals surface area contributed by atoms with Crippen LogP contribution in [0.4, 0.5) is 4.79 Å². The van der Waals surface area contributed by atoms with Crippen molar-refractivity contribution < 1.29 is 14.3 Å². The third-order valence-corrected chi connectivity index (χ3v) is 3.59. The number of hydrogen-bond acceptors (Lipinski definition) is 4. The summed E-state index contributed by atoms with van der Waals surface area (Å²) in [6.45, 7) is 1.42. The fraction of sp³-hybridized carbons (Fsp3) is 0.667. The smallest absolute Gasteiger partial charge is 0.327 e. The summed E-state index contributed by atoms with van der Waals surface area (Å²) < 4.78 is 12.0. The van der Waals surface area contributed by atoms with Gasteiger partial charge in [-0.2, -0.15) is 4.98 Å². The molecule has 1 aromatic heterocycles. The summed E-state index contributed by atoms with van der Waals surface area (Å²) >= 11 is 0. The van der Waals surface area contributed by atoms with E-state index in [1.165, 1.54) is 11.7 Å². The molecule has 1 aliphatic carbocycles. The standard InChI is InChI=1S/C12H17N3O3/c1-17-12-14-9(8-4-5-18-6-8)10(7-2-3-7)15(12)11(13)16/h7-8H,2-6H2,1H3,(H2,13,16). The number of carbonyl (C=O) groups is 1. The van der Waals surface area contributed by atoms with Crippen LogP contribution < -0.4 is 10.5 Å². The summed E-state index contributed by atoms with van der Waals surface area (Å²) in [4.78, 5) is 16.0. The van der Waals surface area contributed by atoms with Crippen LogP contribution in [0.2, 0.25) is 0 Å². The zero-order valence-corrected chi connectivity index (χ0v) is 10.4. The predicted octanol–water partition coefficient (Wildman–Crippen LogP) is 1.20. The molecule has 1 aliphatic heterocycles. The molecule has 3 rings (SSSR count). The SMILES string of the molecule is COc1nc(C2CCOC2)c(C2CC2)n1C(N)=O. The van der Waals surface area contributed by atoms with Crippen LogP contribution in [0, 0.1) is 0 Å². The lowest BCUT2D eigenvalue weighted by atomic mass is 10.0. The highest BCUT2D eigenvalue weighted by Crippen LogP contribution is 2.45. The molecule has 6 heteroatoms. The molecule has 0 bridgehead atoms. The van der Waals surface area contributed by atoms with E-state index < -0.39 is 6.03 Å². The summed E-state index contributed by atoms with van der Waals surface area (Å²) in [5.74, 6) is 0.652. The maximum absolute atomic E-state index is 11.6. The summed E-state index contributed by atoms with van der Waals surface area (Å²) in [5, 5.41) is 0. The van der Waals surface area contributed by atoms with E-state index in [1.807, 2.05) is 0 Å². The topological polar surface area (TPSA) is 79.4 Å². The quantitative estimate of drug-likeness (QED) is 0.875. The van der Waals surface area contributed by atoms with Crippen LogP contribution in [0.15, 0.2) is 0 Å². The van der Waals surface area contributed by atoms with Crippen molar-refractivity contribution in [3.05, 3.63) is 11.4 Å². The van der Waals surface area contributed by atoms with Crippen molar-refractivity contribution in [1.82, 2.24) is 9.55 Å². The zero-order chi connectivity index (χ0) is 12.7. The Morgan fingerprint density at radius 2 is 2.22 bits per heavy atom. The fourth-order valence-electron chi connectivity index (χ4n) is 2.58. The van der Waals surface area contributed by atoms with Gasteiger partial charge in [0.1, 0.15) is 0 Å². The van der Waals surface area contributed by atoms with E-state index in [2.05, 4.69) is 4.98 Å². The number of aromatic nitrogens is 2. The Labute approximate surface area is 105 Å². The van der Waals surface area contributed by atoms with Gasteiger partial charge >= 0.3 is 12.0 Å². The first-order chi connectivity index (χ1) is 8.72. The van der Waals surface area contributed by atoms with Gasteiger partial charge in [-0.3, -0.25) is 0 Å². The molecule has 2 N–H and O–H groups in total. The van der Waals surface area contributed by atoms with Gasteiger partial charge in [-0.05, 0) is 19.3 Å². The molecule has 98 valence electrons. The Balaban J connectivity index is 2.09. The molecule has 2 aliphatic rings. The third kappa shape index (κ3) is 1.77. The Morgan fingerprint density at radius 1 is 1.44 bits per heavy atom. The number of imidazole rings is 1. The summed E-state index contributed by atoms with van der Waals surface area (Å²) in [6, 6.07) is -0.224. The van der Waals surface area contributed by atoms with Crippen LogP contribution in [0.3, 0.4) is 0 Å². The first-order valence-electron chi connectivity index (χ1n) is 6.26. The average Bonchev–Trinajstić information content (AvgIpc) is 2.93. The molecule has 6 nitrogen and oxygen atoms in total. The molecule has 0 spiro atoms. The van der Waals surface area contributed by atoms with E-state index in [0.717, 1.165) is 37.3 Å². The van der Waals surface area contributed by atoms with Crippen LogP contribution >= 0.6 is 0 Å². The fourth-order valence-corrected chi connectivity index (χ4v) is 2.58. The van der Waals surface area contributed by atoms with Crippen LogP contribution in [-0.2, 0) is 4.74 Å². The monoisotopic (exact) mass is 251 g/mol. The zero-order valence-electron chi connectivity index (χ0n) is 10.4. The van der Waals surface area contributed by atoms with E-state index in [0.29, 0.717) is 18.5 Å². The normalized spacial score (nSPS) is 23.3. The Hall–Kier alpha value is -1.56. The number of nitrogens with two attached hydrogens (primary N) is 1. The molecule has 18 heavy (non-hydrogen) atoms. The minimum Gasteiger partial charge on any atom is -0.468 e. The molecule has 1 amide bonds. The van der Waals surface area contributed by atoms with Crippen LogP contribution in [0.1, 0.15) is 42.5 Å². The number of rotatable bonds is 3. The second-order valence-corrected chi connectivity index (χ2v) is 4.88. The van der Waals surface area contributed by atoms with Crippen molar-refractivity contribution in [2.24, 2.45) is 5.73 Å². The summed E-state index contributed by atoms with van der Waals surface area (Å²) in [7, 11) is 1.51. The van der Waals surface area contributed by atoms with E-state index in [-0.39, 0.29) is 5.92 Å². The molecule has 1 saturated carbocycles. The number of carbonyl (C=O) groups excluding carboxylic acids is 1. The molecule has 0 aromatic carbocycles. The van der Waals surface area contributed by atoms with Gasteiger partial charge in [0.05, 0.1) is 25.1 Å². The van der Waals surface area contributed by atoms with E-state index in [1.54, 1.807) is 0 Å². The molecule has 2 heterocycles. The molecule has 1 aromatic rings. The van der Waals surface area contributed by atoms with Gasteiger partial charge in [0.2, 0.25) is 0 Å². The lowest BCUT2D eigenvalue weighted by molar-refractivity contribution is 0.193. The Morgan fingerprint density at radius 3 is 2.72 bits per heavy atom. The first kappa shape index (κ1) is 11.5. The van der Waals surface area contributed by atoms with Crippen molar-refractivity contribution in [2.75, 3.05) is 20.3 Å². The molecule has 1 unspecified atom stereocenters. The molecular formula is C12H17N3O3. The molecule has 2 fully saturated rings. The molecule has 1 atom stereocenters. The second kappa shape index (κ2) is 4.28. The highest BCUT2D eigenvalue weighted by Gasteiger charge is 2.37. The maximum atomic E-state index is 11.6. The largest absolute Gasteiger partial charge is 0.468 e. The summed E-state index contributed by atoms with van der Waals surface area (Å²) in [5.41, 5.74) is 7.32. The van der Waals surface area contributed by atoms with Gasteiger partial charge in [-0.1, -0.05) is 0 Å². The van der Waals surface area contributed by atoms with Crippen molar-refractivity contribution in [3.63, 3.8) is 0 Å². The van der Waals surface area contributed by atoms with E-state index in [9.17, 15) is 4.79 Å². The molecular weight excluding hydrogens is 234 g/mol. The van der Waals surface area contributed by atoms with Crippen molar-refractivity contribution in [3.8, 4) is 6.01 Å². The number of amides is 1. The van der Waals surface area contributed by atoms with Gasteiger partial charge < -0.3 is 15.2 Å². The Bertz CT molecular complexity index is 473. The minimum absolute atomic E-state index is 0.259. The highest BCUT2D eigenvalue weighted by atomic mass is 16.5. The molecule has 0 radical (unpaired) electrons. The maximum Gasteiger partial charge on any atom is 0.327 e. The minimum atomic E-state index is -0.522. The van der Waals surface area contributed by atoms with E-state index in [4.69, 9.17) is 15.2 Å². The van der Waals surface area contributed by atoms with Gasteiger partial charge in [0, 0.05) is 18.4 Å². The lowest BCUT2D eigenvalue weighted by Crippen LogP contribution is -2.22. The van der Waals surface area contributed by atoms with Crippen LogP contribution in [-0.4, -0.2) is 35.9 Å². The van der Waals surface area contributed by atoms with Crippen molar-refractivity contribution >= 4 is 6.03 Å². The van der Waals surface area contributed by atoms with Gasteiger partial charge in [0.15, 0.2) is 0 Å². The lowest BCUT2D eigenvalue weighted by Gasteiger charge is -2.09. The number of primary amides is 1. The van der Waals surface area contributed by atoms with Crippen LogP contribution in [0.5, 0.6) is 6.01 Å².